The Balaban J connectivity index is 1.10. The predicted molar refractivity (Wildman–Crippen MR) is 242 cm³/mol. The number of rotatable bonds is 7. The molecule has 0 saturated heterocycles. The highest BCUT2D eigenvalue weighted by Crippen LogP contribution is 2.56. The summed E-state index contributed by atoms with van der Waals surface area (Å²) in [6.07, 6.45) is 0. The number of nitrogens with zero attached hydrogens (tertiary/aromatic N) is 3. The van der Waals surface area contributed by atoms with E-state index in [1.54, 1.807) is 0 Å². The van der Waals surface area contributed by atoms with Crippen LogP contribution in [0.15, 0.2) is 224 Å². The molecule has 3 nitrogen and oxygen atoms in total. The van der Waals surface area contributed by atoms with Gasteiger partial charge in [0.2, 0.25) is 0 Å². The maximum Gasteiger partial charge on any atom is 0.164 e. The van der Waals surface area contributed by atoms with E-state index in [0.717, 1.165) is 33.4 Å². The zero-order valence-electron chi connectivity index (χ0n) is 32.2. The molecule has 9 aromatic carbocycles. The first kappa shape index (κ1) is 34.5. The molecule has 0 unspecified atom stereocenters. The molecule has 1 heterocycles. The smallest absolute Gasteiger partial charge is 0.164 e. The molecule has 0 atom stereocenters. The average Bonchev–Trinajstić information content (AvgIpc) is 3.62. The van der Waals surface area contributed by atoms with Crippen molar-refractivity contribution in [1.82, 2.24) is 15.0 Å². The van der Waals surface area contributed by atoms with Gasteiger partial charge < -0.3 is 0 Å². The predicted octanol–water partition coefficient (Wildman–Crippen LogP) is 13.7. The van der Waals surface area contributed by atoms with Crippen molar-refractivity contribution in [2.24, 2.45) is 0 Å². The summed E-state index contributed by atoms with van der Waals surface area (Å²) in [5, 5.41) is 2.43. The summed E-state index contributed by atoms with van der Waals surface area (Å²) in [5.41, 5.74) is 14.2. The Bertz CT molecular complexity index is 3100. The van der Waals surface area contributed by atoms with Crippen LogP contribution >= 0.6 is 0 Å². The van der Waals surface area contributed by atoms with Gasteiger partial charge in [-0.05, 0) is 84.6 Å². The lowest BCUT2D eigenvalue weighted by Gasteiger charge is -2.34. The van der Waals surface area contributed by atoms with E-state index in [2.05, 4.69) is 218 Å². The number of aromatic nitrogens is 3. The van der Waals surface area contributed by atoms with Gasteiger partial charge >= 0.3 is 0 Å². The summed E-state index contributed by atoms with van der Waals surface area (Å²) in [5.74, 6) is 1.88. The third-order valence-corrected chi connectivity index (χ3v) is 11.8. The molecule has 276 valence electrons. The highest BCUT2D eigenvalue weighted by atomic mass is 15.0. The zero-order valence-corrected chi connectivity index (χ0v) is 32.2. The van der Waals surface area contributed by atoms with E-state index >= 15 is 0 Å². The van der Waals surface area contributed by atoms with Gasteiger partial charge in [0.15, 0.2) is 17.5 Å². The SMILES string of the molecule is c1ccc(-c2ccc(-c3nc(-c4cccc(-c5ccc6ccccc6c5)c4)nc(-c4ccc5c(c4)C(c4ccccc4)(c4ccccc4)c4ccccc4-5)n3)cc2)cc1. The van der Waals surface area contributed by atoms with Crippen LogP contribution in [0.25, 0.3) is 78.3 Å². The molecule has 10 aromatic rings. The number of fused-ring (bicyclic) bond motifs is 4. The Kier molecular flexibility index (Phi) is 8.37. The molecular weight excluding hydrogens is 715 g/mol. The molecule has 11 rings (SSSR count). The zero-order chi connectivity index (χ0) is 39.2. The van der Waals surface area contributed by atoms with E-state index in [4.69, 9.17) is 15.0 Å². The van der Waals surface area contributed by atoms with Crippen molar-refractivity contribution in [2.45, 2.75) is 5.41 Å². The monoisotopic (exact) mass is 751 g/mol. The van der Waals surface area contributed by atoms with E-state index in [-0.39, 0.29) is 0 Å². The van der Waals surface area contributed by atoms with Gasteiger partial charge in [-0.2, -0.15) is 0 Å². The van der Waals surface area contributed by atoms with Crippen LogP contribution in [0.4, 0.5) is 0 Å². The second-order valence-corrected chi connectivity index (χ2v) is 15.2. The highest BCUT2D eigenvalue weighted by molar-refractivity contribution is 5.89. The molecule has 1 aromatic heterocycles. The Labute approximate surface area is 344 Å². The summed E-state index contributed by atoms with van der Waals surface area (Å²) >= 11 is 0. The molecule has 0 radical (unpaired) electrons. The Morgan fingerprint density at radius 1 is 0.254 bits per heavy atom. The van der Waals surface area contributed by atoms with Crippen molar-refractivity contribution < 1.29 is 0 Å². The van der Waals surface area contributed by atoms with E-state index in [1.807, 2.05) is 6.07 Å². The summed E-state index contributed by atoms with van der Waals surface area (Å²) in [4.78, 5) is 15.8. The number of benzene rings is 9. The number of hydrogen-bond donors (Lipinski definition) is 0. The van der Waals surface area contributed by atoms with Crippen molar-refractivity contribution in [3.63, 3.8) is 0 Å². The van der Waals surface area contributed by atoms with Crippen LogP contribution in [0, 0.1) is 0 Å². The van der Waals surface area contributed by atoms with E-state index in [0.29, 0.717) is 17.5 Å². The summed E-state index contributed by atoms with van der Waals surface area (Å²) in [6, 6.07) is 80.0. The molecule has 3 heteroatoms. The van der Waals surface area contributed by atoms with Crippen LogP contribution in [-0.2, 0) is 5.41 Å². The molecular formula is C56H37N3. The molecule has 0 aliphatic heterocycles. The van der Waals surface area contributed by atoms with Crippen molar-refractivity contribution in [3.8, 4) is 67.5 Å². The van der Waals surface area contributed by atoms with Crippen molar-refractivity contribution in [3.05, 3.63) is 247 Å². The van der Waals surface area contributed by atoms with Crippen molar-refractivity contribution in [2.75, 3.05) is 0 Å². The normalized spacial score (nSPS) is 12.5. The minimum Gasteiger partial charge on any atom is -0.208 e. The van der Waals surface area contributed by atoms with Gasteiger partial charge in [-0.25, -0.2) is 15.0 Å². The molecule has 0 spiro atoms. The van der Waals surface area contributed by atoms with Gasteiger partial charge in [-0.3, -0.25) is 0 Å². The van der Waals surface area contributed by atoms with Gasteiger partial charge in [-0.1, -0.05) is 206 Å². The lowest BCUT2D eigenvalue weighted by Crippen LogP contribution is -2.28. The van der Waals surface area contributed by atoms with E-state index in [1.165, 1.54) is 49.7 Å². The largest absolute Gasteiger partial charge is 0.208 e. The van der Waals surface area contributed by atoms with Crippen LogP contribution in [0.3, 0.4) is 0 Å². The topological polar surface area (TPSA) is 38.7 Å². The van der Waals surface area contributed by atoms with Gasteiger partial charge in [0, 0.05) is 16.7 Å². The van der Waals surface area contributed by atoms with Crippen LogP contribution in [0.5, 0.6) is 0 Å². The van der Waals surface area contributed by atoms with Crippen LogP contribution in [0.2, 0.25) is 0 Å². The van der Waals surface area contributed by atoms with Crippen LogP contribution < -0.4 is 0 Å². The minimum absolute atomic E-state index is 0.537. The lowest BCUT2D eigenvalue weighted by molar-refractivity contribution is 0.768. The third-order valence-electron chi connectivity index (χ3n) is 11.8. The maximum atomic E-state index is 5.29. The van der Waals surface area contributed by atoms with Crippen LogP contribution in [0.1, 0.15) is 22.3 Å². The Hall–Kier alpha value is -7.75. The third kappa shape index (κ3) is 5.95. The minimum atomic E-state index is -0.537. The summed E-state index contributed by atoms with van der Waals surface area (Å²) < 4.78 is 0. The van der Waals surface area contributed by atoms with Gasteiger partial charge in [0.1, 0.15) is 0 Å². The molecule has 0 saturated carbocycles. The maximum absolute atomic E-state index is 5.29. The fraction of sp³-hybridized carbons (Fsp3) is 0.0179. The molecule has 0 amide bonds. The molecule has 0 bridgehead atoms. The fourth-order valence-electron chi connectivity index (χ4n) is 9.00. The standard InChI is InChI=1S/C56H37N3/c1-4-15-38(16-5-1)40-27-30-41(31-28-40)53-57-54(45-20-14-19-43(36-45)44-32-29-39-17-10-11-18-42(39)35-44)59-55(58-53)46-33-34-50-49-25-12-13-26-51(49)56(52(50)37-46,47-21-6-2-7-22-47)48-23-8-3-9-24-48/h1-37H. The second kappa shape index (κ2) is 14.3. The first-order valence-corrected chi connectivity index (χ1v) is 20.1. The van der Waals surface area contributed by atoms with Crippen molar-refractivity contribution >= 4 is 10.8 Å². The fourth-order valence-corrected chi connectivity index (χ4v) is 9.00. The molecule has 59 heavy (non-hydrogen) atoms. The molecule has 0 N–H and O–H groups in total. The van der Waals surface area contributed by atoms with Gasteiger partial charge in [-0.15, -0.1) is 0 Å². The number of hydrogen-bond acceptors (Lipinski definition) is 3. The Morgan fingerprint density at radius 2 is 0.712 bits per heavy atom. The van der Waals surface area contributed by atoms with E-state index < -0.39 is 5.41 Å². The van der Waals surface area contributed by atoms with E-state index in [9.17, 15) is 0 Å². The average molecular weight is 752 g/mol. The second-order valence-electron chi connectivity index (χ2n) is 15.2. The first-order chi connectivity index (χ1) is 29.2. The summed E-state index contributed by atoms with van der Waals surface area (Å²) in [6.45, 7) is 0. The quantitative estimate of drug-likeness (QED) is 0.163. The van der Waals surface area contributed by atoms with Crippen molar-refractivity contribution in [1.29, 1.82) is 0 Å². The molecule has 1 aliphatic rings. The van der Waals surface area contributed by atoms with Gasteiger partial charge in [0.25, 0.3) is 0 Å². The lowest BCUT2D eigenvalue weighted by atomic mass is 9.67. The Morgan fingerprint density at radius 3 is 1.42 bits per heavy atom. The molecule has 1 aliphatic carbocycles. The summed E-state index contributed by atoms with van der Waals surface area (Å²) in [7, 11) is 0. The van der Waals surface area contributed by atoms with Crippen LogP contribution in [-0.4, -0.2) is 15.0 Å². The molecule has 0 fully saturated rings. The first-order valence-electron chi connectivity index (χ1n) is 20.1. The van der Waals surface area contributed by atoms with Gasteiger partial charge in [0.05, 0.1) is 5.41 Å². The highest BCUT2D eigenvalue weighted by Gasteiger charge is 2.46.